The first-order chi connectivity index (χ1) is 12.2. The zero-order valence-corrected chi connectivity index (χ0v) is 18.5. The molecule has 0 heterocycles. The van der Waals surface area contributed by atoms with Crippen LogP contribution in [-0.2, 0) is 17.2 Å². The number of aryl methyl sites for hydroxylation is 1. The first kappa shape index (κ1) is 22.6. The number of rotatable bonds is 8. The summed E-state index contributed by atoms with van der Waals surface area (Å²) in [6.07, 6.45) is 2.06. The number of guanidine groups is 1. The van der Waals surface area contributed by atoms with Gasteiger partial charge in [-0.15, -0.1) is 24.0 Å². The number of aliphatic imine (C=N–C) groups is 1. The number of halogens is 1. The van der Waals surface area contributed by atoms with E-state index in [1.165, 1.54) is 5.56 Å². The number of hydrogen-bond acceptors (Lipinski definition) is 2. The van der Waals surface area contributed by atoms with Crippen molar-refractivity contribution in [3.8, 4) is 0 Å². The van der Waals surface area contributed by atoms with Crippen LogP contribution in [0.4, 0.5) is 0 Å². The maximum absolute atomic E-state index is 12.2. The zero-order chi connectivity index (χ0) is 17.9. The Labute approximate surface area is 176 Å². The van der Waals surface area contributed by atoms with Crippen LogP contribution in [0.15, 0.2) is 70.6 Å². The Balaban J connectivity index is 0.00000338. The van der Waals surface area contributed by atoms with Crippen LogP contribution in [0.1, 0.15) is 18.9 Å². The van der Waals surface area contributed by atoms with E-state index in [4.69, 9.17) is 0 Å². The van der Waals surface area contributed by atoms with Crippen LogP contribution < -0.4 is 10.6 Å². The van der Waals surface area contributed by atoms with Gasteiger partial charge in [0.2, 0.25) is 0 Å². The second-order valence-electron chi connectivity index (χ2n) is 5.93. The van der Waals surface area contributed by atoms with E-state index in [0.717, 1.165) is 23.7 Å². The molecule has 0 aliphatic carbocycles. The minimum absolute atomic E-state index is 0. The third kappa shape index (κ3) is 8.31. The Bertz CT molecular complexity index is 680. The van der Waals surface area contributed by atoms with Crippen LogP contribution in [0.25, 0.3) is 0 Å². The van der Waals surface area contributed by atoms with Gasteiger partial charge in [0.05, 0.1) is 10.8 Å². The lowest BCUT2D eigenvalue weighted by Gasteiger charge is -2.18. The average molecular weight is 485 g/mol. The van der Waals surface area contributed by atoms with Gasteiger partial charge in [0.25, 0.3) is 0 Å². The molecule has 2 N–H and O–H groups in total. The van der Waals surface area contributed by atoms with Crippen molar-refractivity contribution < 1.29 is 4.21 Å². The Morgan fingerprint density at radius 1 is 1.08 bits per heavy atom. The molecule has 2 aromatic carbocycles. The molecule has 2 rings (SSSR count). The van der Waals surface area contributed by atoms with Crippen molar-refractivity contribution in [3.05, 3.63) is 66.2 Å². The summed E-state index contributed by atoms with van der Waals surface area (Å²) in [7, 11) is 0.769. The standard InChI is InChI=1S/C20H27N3OS.HI/c1-17(13-14-18-9-5-3-6-10-18)23-20(21-2)22-15-16-25(24)19-11-7-4-8-12-19;/h3-12,17H,13-16H2,1-2H3,(H2,21,22,23);1H. The van der Waals surface area contributed by atoms with Crippen molar-refractivity contribution in [3.63, 3.8) is 0 Å². The molecule has 0 saturated heterocycles. The lowest BCUT2D eigenvalue weighted by molar-refractivity contribution is 0.595. The summed E-state index contributed by atoms with van der Waals surface area (Å²) in [5.41, 5.74) is 1.34. The van der Waals surface area contributed by atoms with Crippen LogP contribution in [0.3, 0.4) is 0 Å². The van der Waals surface area contributed by atoms with Gasteiger partial charge in [-0.2, -0.15) is 0 Å². The molecule has 0 aromatic heterocycles. The van der Waals surface area contributed by atoms with E-state index in [1.807, 2.05) is 36.4 Å². The maximum Gasteiger partial charge on any atom is 0.191 e. The molecule has 2 atom stereocenters. The lowest BCUT2D eigenvalue weighted by Crippen LogP contribution is -2.43. The van der Waals surface area contributed by atoms with Crippen molar-refractivity contribution in [2.24, 2.45) is 4.99 Å². The van der Waals surface area contributed by atoms with Crippen molar-refractivity contribution >= 4 is 40.7 Å². The first-order valence-electron chi connectivity index (χ1n) is 8.63. The van der Waals surface area contributed by atoms with Gasteiger partial charge in [0.1, 0.15) is 0 Å². The van der Waals surface area contributed by atoms with Crippen LogP contribution >= 0.6 is 24.0 Å². The molecule has 0 saturated carbocycles. The van der Waals surface area contributed by atoms with Crippen LogP contribution in [-0.4, -0.2) is 35.6 Å². The van der Waals surface area contributed by atoms with E-state index >= 15 is 0 Å². The molecule has 2 unspecified atom stereocenters. The van der Waals surface area contributed by atoms with Crippen molar-refractivity contribution in [2.45, 2.75) is 30.7 Å². The number of benzene rings is 2. The first-order valence-corrected chi connectivity index (χ1v) is 9.95. The summed E-state index contributed by atoms with van der Waals surface area (Å²) >= 11 is 0. The molecule has 2 aromatic rings. The quantitative estimate of drug-likeness (QED) is 0.342. The summed E-state index contributed by atoms with van der Waals surface area (Å²) < 4.78 is 12.2. The van der Waals surface area contributed by atoms with E-state index in [2.05, 4.69) is 46.8 Å². The molecule has 142 valence electrons. The lowest BCUT2D eigenvalue weighted by atomic mass is 10.1. The molecule has 0 radical (unpaired) electrons. The fourth-order valence-electron chi connectivity index (χ4n) is 2.48. The SMILES string of the molecule is CN=C(NCCS(=O)c1ccccc1)NC(C)CCc1ccccc1.I. The van der Waals surface area contributed by atoms with E-state index < -0.39 is 10.8 Å². The molecule has 0 spiro atoms. The molecule has 4 nitrogen and oxygen atoms in total. The fourth-order valence-corrected chi connectivity index (χ4v) is 3.46. The van der Waals surface area contributed by atoms with E-state index in [-0.39, 0.29) is 24.0 Å². The van der Waals surface area contributed by atoms with Crippen LogP contribution in [0, 0.1) is 0 Å². The van der Waals surface area contributed by atoms with Gasteiger partial charge in [0.15, 0.2) is 5.96 Å². The van der Waals surface area contributed by atoms with Gasteiger partial charge < -0.3 is 10.6 Å². The predicted molar refractivity (Wildman–Crippen MR) is 122 cm³/mol. The van der Waals surface area contributed by atoms with Gasteiger partial charge in [-0.1, -0.05) is 48.5 Å². The van der Waals surface area contributed by atoms with Crippen LogP contribution in [0.2, 0.25) is 0 Å². The van der Waals surface area contributed by atoms with E-state index in [1.54, 1.807) is 7.05 Å². The van der Waals surface area contributed by atoms with E-state index in [0.29, 0.717) is 18.3 Å². The van der Waals surface area contributed by atoms with Crippen molar-refractivity contribution in [1.29, 1.82) is 0 Å². The summed E-state index contributed by atoms with van der Waals surface area (Å²) in [5, 5.41) is 6.64. The van der Waals surface area contributed by atoms with Gasteiger partial charge in [-0.05, 0) is 37.5 Å². The second-order valence-corrected chi connectivity index (χ2v) is 7.50. The smallest absolute Gasteiger partial charge is 0.191 e. The molecule has 26 heavy (non-hydrogen) atoms. The zero-order valence-electron chi connectivity index (χ0n) is 15.4. The molecule has 6 heteroatoms. The monoisotopic (exact) mass is 485 g/mol. The highest BCUT2D eigenvalue weighted by molar-refractivity contribution is 14.0. The Kier molecular flexibility index (Phi) is 11.2. The summed E-state index contributed by atoms with van der Waals surface area (Å²) in [5.74, 6) is 1.31. The number of hydrogen-bond donors (Lipinski definition) is 2. The molecule has 0 amide bonds. The highest BCUT2D eigenvalue weighted by Crippen LogP contribution is 2.05. The van der Waals surface area contributed by atoms with Crippen molar-refractivity contribution in [1.82, 2.24) is 10.6 Å². The Morgan fingerprint density at radius 3 is 2.31 bits per heavy atom. The summed E-state index contributed by atoms with van der Waals surface area (Å²) in [6, 6.07) is 20.3. The fraction of sp³-hybridized carbons (Fsp3) is 0.350. The largest absolute Gasteiger partial charge is 0.355 e. The normalized spacial score (nSPS) is 13.4. The van der Waals surface area contributed by atoms with Gasteiger partial charge >= 0.3 is 0 Å². The van der Waals surface area contributed by atoms with Gasteiger partial charge in [-0.25, -0.2) is 0 Å². The molecule has 0 aliphatic rings. The number of nitrogens with one attached hydrogen (secondary N) is 2. The van der Waals surface area contributed by atoms with E-state index in [9.17, 15) is 4.21 Å². The minimum Gasteiger partial charge on any atom is -0.355 e. The molecular formula is C20H28IN3OS. The third-order valence-electron chi connectivity index (χ3n) is 3.90. The molecule has 0 fully saturated rings. The predicted octanol–water partition coefficient (Wildman–Crippen LogP) is 3.60. The summed E-state index contributed by atoms with van der Waals surface area (Å²) in [6.45, 7) is 2.77. The Morgan fingerprint density at radius 2 is 1.69 bits per heavy atom. The second kappa shape index (κ2) is 12.9. The molecule has 0 bridgehead atoms. The molecule has 0 aliphatic heterocycles. The van der Waals surface area contributed by atoms with Crippen molar-refractivity contribution in [2.75, 3.05) is 19.3 Å². The average Bonchev–Trinajstić information content (AvgIpc) is 2.67. The minimum atomic E-state index is -0.988. The van der Waals surface area contributed by atoms with Gasteiger partial charge in [-0.3, -0.25) is 9.20 Å². The summed E-state index contributed by atoms with van der Waals surface area (Å²) in [4.78, 5) is 5.11. The third-order valence-corrected chi connectivity index (χ3v) is 5.27. The molecular weight excluding hydrogens is 457 g/mol. The maximum atomic E-state index is 12.2. The van der Waals surface area contributed by atoms with Gasteiger partial charge in [0, 0.05) is 30.3 Å². The Hall–Kier alpha value is -1.41. The number of nitrogens with zero attached hydrogens (tertiary/aromatic N) is 1. The highest BCUT2D eigenvalue weighted by atomic mass is 127. The highest BCUT2D eigenvalue weighted by Gasteiger charge is 2.07. The van der Waals surface area contributed by atoms with Crippen LogP contribution in [0.5, 0.6) is 0 Å². The topological polar surface area (TPSA) is 53.5 Å².